The normalized spacial score (nSPS) is 15.8. The van der Waals surface area contributed by atoms with Crippen molar-refractivity contribution in [3.63, 3.8) is 0 Å². The summed E-state index contributed by atoms with van der Waals surface area (Å²) in [6, 6.07) is 5.91. The largest absolute Gasteiger partial charge is 0.478 e. The van der Waals surface area contributed by atoms with Crippen LogP contribution in [0.4, 0.5) is 4.39 Å². The summed E-state index contributed by atoms with van der Waals surface area (Å²) in [5.74, 6) is -1.29. The molecular weight excluding hydrogens is 305 g/mol. The fraction of sp³-hybridized carbons (Fsp3) is 0.250. The fourth-order valence-corrected chi connectivity index (χ4v) is 2.51. The van der Waals surface area contributed by atoms with E-state index in [0.717, 1.165) is 0 Å². The molecule has 2 heterocycles. The van der Waals surface area contributed by atoms with Crippen LogP contribution in [0, 0.1) is 12.7 Å². The first-order valence-electron chi connectivity index (χ1n) is 7.00. The third-order valence-corrected chi connectivity index (χ3v) is 3.64. The second-order valence-corrected chi connectivity index (χ2v) is 5.24. The molecule has 1 aromatic heterocycles. The van der Waals surface area contributed by atoms with Crippen molar-refractivity contribution in [3.8, 4) is 5.75 Å². The van der Waals surface area contributed by atoms with Crippen molar-refractivity contribution >= 4 is 11.9 Å². The molecule has 0 radical (unpaired) electrons. The van der Waals surface area contributed by atoms with Crippen LogP contribution in [0.3, 0.4) is 0 Å². The fourth-order valence-electron chi connectivity index (χ4n) is 2.51. The average molecular weight is 319 g/mol. The Bertz CT molecular complexity index is 783. The molecule has 1 aliphatic rings. The van der Waals surface area contributed by atoms with Gasteiger partial charge in [0.1, 0.15) is 17.1 Å². The lowest BCUT2D eigenvalue weighted by molar-refractivity contribution is -0.127. The number of rotatable bonds is 4. The second-order valence-electron chi connectivity index (χ2n) is 5.24. The molecule has 0 fully saturated rings. The quantitative estimate of drug-likeness (QED) is 0.900. The predicted molar refractivity (Wildman–Crippen MR) is 76.8 cm³/mol. The molecule has 0 unspecified atom stereocenters. The summed E-state index contributed by atoms with van der Waals surface area (Å²) < 4.78 is 24.2. The Kier molecular flexibility index (Phi) is 3.77. The number of carboxylic acid groups (broad SMARTS) is 1. The van der Waals surface area contributed by atoms with Crippen molar-refractivity contribution in [2.75, 3.05) is 0 Å². The molecule has 120 valence electrons. The van der Waals surface area contributed by atoms with E-state index in [1.54, 1.807) is 12.1 Å². The Balaban J connectivity index is 1.62. The number of aromatic carboxylic acids is 1. The molecular formula is C16H14FNO5. The minimum atomic E-state index is -1.09. The number of carbonyl (C=O) groups is 2. The molecule has 1 amide bonds. The standard InChI is InChI=1S/C16H14FNO5/c1-8-11(16(20)21)6-10(22-8)7-18-15(19)13-5-9-3-2-4-12(17)14(9)23-13/h2-4,6,13H,5,7H2,1H3,(H,18,19)(H,20,21)/t13-/m0/s1. The molecule has 0 saturated heterocycles. The van der Waals surface area contributed by atoms with Gasteiger partial charge in [-0.05, 0) is 19.1 Å². The number of hydrogen-bond donors (Lipinski definition) is 2. The van der Waals surface area contributed by atoms with Crippen molar-refractivity contribution in [3.05, 3.63) is 52.7 Å². The van der Waals surface area contributed by atoms with Gasteiger partial charge in [-0.15, -0.1) is 0 Å². The minimum absolute atomic E-state index is 0.0334. The van der Waals surface area contributed by atoms with E-state index in [2.05, 4.69) is 5.32 Å². The highest BCUT2D eigenvalue weighted by atomic mass is 19.1. The van der Waals surface area contributed by atoms with Crippen LogP contribution in [0.15, 0.2) is 28.7 Å². The first-order valence-corrected chi connectivity index (χ1v) is 7.00. The summed E-state index contributed by atoms with van der Waals surface area (Å²) in [5, 5.41) is 11.6. The molecule has 1 aliphatic heterocycles. The smallest absolute Gasteiger partial charge is 0.339 e. The molecule has 0 bridgehead atoms. The Morgan fingerprint density at radius 2 is 2.22 bits per heavy atom. The van der Waals surface area contributed by atoms with Gasteiger partial charge in [-0.3, -0.25) is 4.79 Å². The molecule has 0 aliphatic carbocycles. The zero-order chi connectivity index (χ0) is 16.6. The number of para-hydroxylation sites is 1. The van der Waals surface area contributed by atoms with Gasteiger partial charge in [-0.25, -0.2) is 9.18 Å². The Morgan fingerprint density at radius 1 is 1.43 bits per heavy atom. The van der Waals surface area contributed by atoms with Crippen LogP contribution in [0.1, 0.15) is 27.4 Å². The lowest BCUT2D eigenvalue weighted by Gasteiger charge is -2.10. The van der Waals surface area contributed by atoms with Gasteiger partial charge in [0.15, 0.2) is 17.7 Å². The highest BCUT2D eigenvalue weighted by Gasteiger charge is 2.31. The Labute approximate surface area is 130 Å². The minimum Gasteiger partial charge on any atom is -0.478 e. The molecule has 0 spiro atoms. The third-order valence-electron chi connectivity index (χ3n) is 3.64. The van der Waals surface area contributed by atoms with Crippen molar-refractivity contribution < 1.29 is 28.2 Å². The second kappa shape index (κ2) is 5.75. The number of halogens is 1. The molecule has 3 rings (SSSR count). The maximum Gasteiger partial charge on any atom is 0.339 e. The number of carboxylic acids is 1. The number of nitrogens with one attached hydrogen (secondary N) is 1. The van der Waals surface area contributed by atoms with Gasteiger partial charge in [-0.1, -0.05) is 12.1 Å². The van der Waals surface area contributed by atoms with E-state index in [1.165, 1.54) is 19.1 Å². The molecule has 0 saturated carbocycles. The monoisotopic (exact) mass is 319 g/mol. The number of amides is 1. The number of aryl methyl sites for hydroxylation is 1. The van der Waals surface area contributed by atoms with Gasteiger partial charge in [0, 0.05) is 12.0 Å². The van der Waals surface area contributed by atoms with Crippen LogP contribution in [-0.2, 0) is 17.8 Å². The van der Waals surface area contributed by atoms with Crippen LogP contribution >= 0.6 is 0 Å². The first-order chi connectivity index (χ1) is 11.0. The van der Waals surface area contributed by atoms with Crippen molar-refractivity contribution in [2.45, 2.75) is 26.0 Å². The topological polar surface area (TPSA) is 88.8 Å². The number of fused-ring (bicyclic) bond motifs is 1. The van der Waals surface area contributed by atoms with Gasteiger partial charge in [0.05, 0.1) is 6.54 Å². The van der Waals surface area contributed by atoms with Crippen LogP contribution in [0.25, 0.3) is 0 Å². The number of ether oxygens (including phenoxy) is 1. The summed E-state index contributed by atoms with van der Waals surface area (Å²) in [6.45, 7) is 1.57. The van der Waals surface area contributed by atoms with E-state index in [9.17, 15) is 14.0 Å². The summed E-state index contributed by atoms with van der Waals surface area (Å²) in [5.41, 5.74) is 0.702. The lowest BCUT2D eigenvalue weighted by Crippen LogP contribution is -2.37. The SMILES string of the molecule is Cc1oc(CNC(=O)[C@@H]2Cc3cccc(F)c3O2)cc1C(=O)O. The van der Waals surface area contributed by atoms with Gasteiger partial charge in [0.2, 0.25) is 0 Å². The zero-order valence-corrected chi connectivity index (χ0v) is 12.3. The third kappa shape index (κ3) is 2.90. The molecule has 23 heavy (non-hydrogen) atoms. The summed E-state index contributed by atoms with van der Waals surface area (Å²) in [4.78, 5) is 23.0. The van der Waals surface area contributed by atoms with E-state index < -0.39 is 23.8 Å². The predicted octanol–water partition coefficient (Wildman–Crippen LogP) is 2.05. The van der Waals surface area contributed by atoms with Crippen molar-refractivity contribution in [1.29, 1.82) is 0 Å². The number of hydrogen-bond acceptors (Lipinski definition) is 4. The van der Waals surface area contributed by atoms with Crippen LogP contribution in [0.2, 0.25) is 0 Å². The summed E-state index contributed by atoms with van der Waals surface area (Å²) in [6.07, 6.45) is -0.520. The number of furan rings is 1. The summed E-state index contributed by atoms with van der Waals surface area (Å²) in [7, 11) is 0. The van der Waals surface area contributed by atoms with E-state index in [1.807, 2.05) is 0 Å². The summed E-state index contributed by atoms with van der Waals surface area (Å²) >= 11 is 0. The maximum absolute atomic E-state index is 13.6. The van der Waals surface area contributed by atoms with Gasteiger partial charge < -0.3 is 19.6 Å². The molecule has 7 heteroatoms. The van der Waals surface area contributed by atoms with Gasteiger partial charge in [0.25, 0.3) is 5.91 Å². The molecule has 2 aromatic rings. The van der Waals surface area contributed by atoms with Crippen LogP contribution in [0.5, 0.6) is 5.75 Å². The highest BCUT2D eigenvalue weighted by Crippen LogP contribution is 2.31. The van der Waals surface area contributed by atoms with E-state index >= 15 is 0 Å². The molecule has 6 nitrogen and oxygen atoms in total. The lowest BCUT2D eigenvalue weighted by atomic mass is 10.1. The van der Waals surface area contributed by atoms with Crippen LogP contribution < -0.4 is 10.1 Å². The van der Waals surface area contributed by atoms with Gasteiger partial charge in [-0.2, -0.15) is 0 Å². The van der Waals surface area contributed by atoms with E-state index in [4.69, 9.17) is 14.3 Å². The number of benzene rings is 1. The number of carbonyl (C=O) groups excluding carboxylic acids is 1. The van der Waals surface area contributed by atoms with E-state index in [-0.39, 0.29) is 30.0 Å². The molecule has 2 N–H and O–H groups in total. The molecule has 1 aromatic carbocycles. The molecule has 1 atom stereocenters. The Hall–Kier alpha value is -2.83. The first kappa shape index (κ1) is 15.1. The van der Waals surface area contributed by atoms with Crippen molar-refractivity contribution in [1.82, 2.24) is 5.32 Å². The maximum atomic E-state index is 13.6. The van der Waals surface area contributed by atoms with Crippen LogP contribution in [-0.4, -0.2) is 23.1 Å². The van der Waals surface area contributed by atoms with E-state index in [0.29, 0.717) is 11.3 Å². The highest BCUT2D eigenvalue weighted by molar-refractivity contribution is 5.89. The average Bonchev–Trinajstić information content (AvgIpc) is 3.09. The zero-order valence-electron chi connectivity index (χ0n) is 12.3. The Morgan fingerprint density at radius 3 is 2.87 bits per heavy atom. The van der Waals surface area contributed by atoms with Crippen molar-refractivity contribution in [2.24, 2.45) is 0 Å². The van der Waals surface area contributed by atoms with Gasteiger partial charge >= 0.3 is 5.97 Å².